The lowest BCUT2D eigenvalue weighted by Gasteiger charge is -2.32. The van der Waals surface area contributed by atoms with Gasteiger partial charge in [0.05, 0.1) is 12.7 Å². The summed E-state index contributed by atoms with van der Waals surface area (Å²) >= 11 is 0. The van der Waals surface area contributed by atoms with Crippen LogP contribution in [0.25, 0.3) is 0 Å². The molecule has 96 valence electrons. The third-order valence-electron chi connectivity index (χ3n) is 3.07. The molecule has 1 fully saturated rings. The van der Waals surface area contributed by atoms with Crippen LogP contribution in [0, 0.1) is 5.92 Å². The largest absolute Gasteiger partial charge is 0.390 e. The van der Waals surface area contributed by atoms with Crippen molar-refractivity contribution in [3.63, 3.8) is 0 Å². The molecule has 0 aromatic heterocycles. The summed E-state index contributed by atoms with van der Waals surface area (Å²) in [6, 6.07) is 0. The van der Waals surface area contributed by atoms with E-state index in [1.807, 2.05) is 0 Å². The van der Waals surface area contributed by atoms with Crippen LogP contribution < -0.4 is 5.32 Å². The minimum atomic E-state index is -0.262. The number of nitrogens with one attached hydrogen (secondary N) is 1. The standard InChI is InChI=1S/C12H26N2O2/c1-11-4-3-6-14(9-11)10-12(15)8-13-5-7-16-2/h11-13,15H,3-10H2,1-2H3. The first-order chi connectivity index (χ1) is 7.72. The molecule has 1 rings (SSSR count). The topological polar surface area (TPSA) is 44.7 Å². The highest BCUT2D eigenvalue weighted by Gasteiger charge is 2.18. The zero-order chi connectivity index (χ0) is 11.8. The van der Waals surface area contributed by atoms with Gasteiger partial charge in [0.2, 0.25) is 0 Å². The molecule has 0 spiro atoms. The molecule has 0 saturated carbocycles. The fraction of sp³-hybridized carbons (Fsp3) is 1.00. The van der Waals surface area contributed by atoms with Gasteiger partial charge in [-0.1, -0.05) is 6.92 Å². The van der Waals surface area contributed by atoms with E-state index in [-0.39, 0.29) is 6.10 Å². The number of β-amino-alcohol motifs (C(OH)–C–C–N with tert-alkyl or cyclic N) is 1. The predicted molar refractivity (Wildman–Crippen MR) is 65.6 cm³/mol. The summed E-state index contributed by atoms with van der Waals surface area (Å²) in [5.74, 6) is 0.780. The normalized spacial score (nSPS) is 24.6. The Bertz CT molecular complexity index is 178. The number of nitrogens with zero attached hydrogens (tertiary/aromatic N) is 1. The predicted octanol–water partition coefficient (Wildman–Crippen LogP) is 0.315. The van der Waals surface area contributed by atoms with Gasteiger partial charge in [-0.3, -0.25) is 0 Å². The highest BCUT2D eigenvalue weighted by molar-refractivity contribution is 4.73. The summed E-state index contributed by atoms with van der Waals surface area (Å²) in [7, 11) is 1.69. The molecular weight excluding hydrogens is 204 g/mol. The third-order valence-corrected chi connectivity index (χ3v) is 3.07. The Labute approximate surface area is 99.0 Å². The highest BCUT2D eigenvalue weighted by atomic mass is 16.5. The second-order valence-electron chi connectivity index (χ2n) is 4.86. The van der Waals surface area contributed by atoms with Crippen LogP contribution in [-0.4, -0.2) is 62.6 Å². The van der Waals surface area contributed by atoms with E-state index in [0.29, 0.717) is 13.2 Å². The first kappa shape index (κ1) is 13.9. The first-order valence-corrected chi connectivity index (χ1v) is 6.32. The Morgan fingerprint density at radius 1 is 1.56 bits per heavy atom. The van der Waals surface area contributed by atoms with E-state index >= 15 is 0 Å². The fourth-order valence-corrected chi connectivity index (χ4v) is 2.26. The van der Waals surface area contributed by atoms with E-state index in [1.54, 1.807) is 7.11 Å². The number of aliphatic hydroxyl groups excluding tert-OH is 1. The van der Waals surface area contributed by atoms with E-state index in [0.717, 1.165) is 32.1 Å². The molecule has 4 nitrogen and oxygen atoms in total. The van der Waals surface area contributed by atoms with E-state index in [9.17, 15) is 5.11 Å². The number of likely N-dealkylation sites (tertiary alicyclic amines) is 1. The van der Waals surface area contributed by atoms with Crippen molar-refractivity contribution in [3.8, 4) is 0 Å². The van der Waals surface area contributed by atoms with Gasteiger partial charge >= 0.3 is 0 Å². The third kappa shape index (κ3) is 5.80. The van der Waals surface area contributed by atoms with Crippen LogP contribution in [0.4, 0.5) is 0 Å². The van der Waals surface area contributed by atoms with Crippen LogP contribution in [0.2, 0.25) is 0 Å². The smallest absolute Gasteiger partial charge is 0.0791 e. The number of rotatable bonds is 7. The van der Waals surface area contributed by atoms with E-state index in [4.69, 9.17) is 4.74 Å². The molecule has 1 aliphatic rings. The molecule has 0 radical (unpaired) electrons. The van der Waals surface area contributed by atoms with Gasteiger partial charge in [-0.15, -0.1) is 0 Å². The summed E-state index contributed by atoms with van der Waals surface area (Å²) in [6.45, 7) is 7.53. The van der Waals surface area contributed by atoms with E-state index < -0.39 is 0 Å². The van der Waals surface area contributed by atoms with Gasteiger partial charge in [-0.2, -0.15) is 0 Å². The SMILES string of the molecule is COCCNCC(O)CN1CCCC(C)C1. The van der Waals surface area contributed by atoms with Crippen molar-refractivity contribution < 1.29 is 9.84 Å². The Morgan fingerprint density at radius 2 is 2.38 bits per heavy atom. The van der Waals surface area contributed by atoms with Crippen LogP contribution >= 0.6 is 0 Å². The van der Waals surface area contributed by atoms with Crippen LogP contribution in [0.5, 0.6) is 0 Å². The number of aliphatic hydroxyl groups is 1. The number of hydrogen-bond donors (Lipinski definition) is 2. The zero-order valence-corrected chi connectivity index (χ0v) is 10.6. The molecule has 16 heavy (non-hydrogen) atoms. The van der Waals surface area contributed by atoms with E-state index in [2.05, 4.69) is 17.1 Å². The summed E-state index contributed by atoms with van der Waals surface area (Å²) in [4.78, 5) is 2.37. The molecule has 2 unspecified atom stereocenters. The molecule has 0 aliphatic carbocycles. The Balaban J connectivity index is 2.06. The molecule has 0 amide bonds. The highest BCUT2D eigenvalue weighted by Crippen LogP contribution is 2.15. The van der Waals surface area contributed by atoms with E-state index in [1.165, 1.54) is 12.8 Å². The Hall–Kier alpha value is -0.160. The second kappa shape index (κ2) is 8.01. The molecule has 0 aromatic carbocycles. The monoisotopic (exact) mass is 230 g/mol. The van der Waals surface area contributed by atoms with Crippen molar-refractivity contribution in [1.29, 1.82) is 0 Å². The van der Waals surface area contributed by atoms with Crippen molar-refractivity contribution in [2.24, 2.45) is 5.92 Å². The minimum absolute atomic E-state index is 0.262. The van der Waals surface area contributed by atoms with Crippen molar-refractivity contribution in [2.45, 2.75) is 25.9 Å². The maximum absolute atomic E-state index is 9.84. The molecule has 1 saturated heterocycles. The fourth-order valence-electron chi connectivity index (χ4n) is 2.26. The molecule has 1 heterocycles. The lowest BCUT2D eigenvalue weighted by molar-refractivity contribution is 0.0854. The van der Waals surface area contributed by atoms with Gasteiger partial charge < -0.3 is 20.1 Å². The Kier molecular flexibility index (Phi) is 6.96. The minimum Gasteiger partial charge on any atom is -0.390 e. The maximum atomic E-state index is 9.84. The van der Waals surface area contributed by atoms with Gasteiger partial charge in [-0.25, -0.2) is 0 Å². The quantitative estimate of drug-likeness (QED) is 0.618. The summed E-state index contributed by atoms with van der Waals surface area (Å²) in [5.41, 5.74) is 0. The zero-order valence-electron chi connectivity index (χ0n) is 10.6. The van der Waals surface area contributed by atoms with Gasteiger partial charge in [0.1, 0.15) is 0 Å². The molecule has 1 aliphatic heterocycles. The molecule has 0 bridgehead atoms. The van der Waals surface area contributed by atoms with Crippen molar-refractivity contribution in [2.75, 3.05) is 46.4 Å². The lowest BCUT2D eigenvalue weighted by atomic mass is 10.00. The van der Waals surface area contributed by atoms with Crippen LogP contribution in [0.1, 0.15) is 19.8 Å². The lowest BCUT2D eigenvalue weighted by Crippen LogP contribution is -2.43. The number of ether oxygens (including phenoxy) is 1. The summed E-state index contributed by atoms with van der Waals surface area (Å²) in [6.07, 6.45) is 2.34. The molecule has 2 atom stereocenters. The van der Waals surface area contributed by atoms with Gasteiger partial charge in [0.25, 0.3) is 0 Å². The van der Waals surface area contributed by atoms with Crippen LogP contribution in [0.3, 0.4) is 0 Å². The number of hydrogen-bond acceptors (Lipinski definition) is 4. The van der Waals surface area contributed by atoms with Gasteiger partial charge in [0.15, 0.2) is 0 Å². The molecule has 4 heteroatoms. The molecular formula is C12H26N2O2. The first-order valence-electron chi connectivity index (χ1n) is 6.32. The van der Waals surface area contributed by atoms with Crippen molar-refractivity contribution >= 4 is 0 Å². The average Bonchev–Trinajstić information content (AvgIpc) is 2.24. The summed E-state index contributed by atoms with van der Waals surface area (Å²) < 4.78 is 4.93. The van der Waals surface area contributed by atoms with Gasteiger partial charge in [0, 0.05) is 33.3 Å². The second-order valence-corrected chi connectivity index (χ2v) is 4.86. The van der Waals surface area contributed by atoms with Crippen LogP contribution in [0.15, 0.2) is 0 Å². The van der Waals surface area contributed by atoms with Crippen molar-refractivity contribution in [3.05, 3.63) is 0 Å². The number of methoxy groups -OCH3 is 1. The Morgan fingerprint density at radius 3 is 3.06 bits per heavy atom. The molecule has 2 N–H and O–H groups in total. The average molecular weight is 230 g/mol. The maximum Gasteiger partial charge on any atom is 0.0791 e. The summed E-state index contributed by atoms with van der Waals surface area (Å²) in [5, 5.41) is 13.0. The number of piperidine rings is 1. The van der Waals surface area contributed by atoms with Crippen LogP contribution in [-0.2, 0) is 4.74 Å². The van der Waals surface area contributed by atoms with Crippen molar-refractivity contribution in [1.82, 2.24) is 10.2 Å². The molecule has 0 aromatic rings. The van der Waals surface area contributed by atoms with Gasteiger partial charge in [-0.05, 0) is 25.3 Å².